The number of amides is 1. The van der Waals surface area contributed by atoms with E-state index in [1.54, 1.807) is 24.2 Å². The average molecular weight is 355 g/mol. The Balaban J connectivity index is 1.39. The number of carbonyl (C=O) groups excluding carboxylic acids is 1. The van der Waals surface area contributed by atoms with E-state index in [0.717, 1.165) is 32.5 Å². The van der Waals surface area contributed by atoms with Gasteiger partial charge in [-0.15, -0.1) is 0 Å². The second-order valence-corrected chi connectivity index (χ2v) is 7.12. The van der Waals surface area contributed by atoms with Gasteiger partial charge in [0.05, 0.1) is 23.9 Å². The number of rotatable bonds is 4. The number of pyridine rings is 1. The molecule has 2 aromatic rings. The van der Waals surface area contributed by atoms with Gasteiger partial charge >= 0.3 is 0 Å². The van der Waals surface area contributed by atoms with Crippen molar-refractivity contribution in [1.29, 1.82) is 0 Å². The van der Waals surface area contributed by atoms with Crippen LogP contribution >= 0.6 is 0 Å². The van der Waals surface area contributed by atoms with Crippen LogP contribution in [0, 0.1) is 0 Å². The predicted molar refractivity (Wildman–Crippen MR) is 96.6 cm³/mol. The van der Waals surface area contributed by atoms with Gasteiger partial charge in [0, 0.05) is 58.4 Å². The minimum absolute atomic E-state index is 0.0839. The number of ether oxygens (including phenoxy) is 1. The van der Waals surface area contributed by atoms with Crippen molar-refractivity contribution in [3.8, 4) is 0 Å². The highest BCUT2D eigenvalue weighted by Crippen LogP contribution is 2.39. The maximum Gasteiger partial charge on any atom is 0.257 e. The molecule has 0 spiro atoms. The number of aromatic nitrogens is 3. The van der Waals surface area contributed by atoms with Crippen LogP contribution in [0.25, 0.3) is 0 Å². The van der Waals surface area contributed by atoms with Gasteiger partial charge in [-0.25, -0.2) is 0 Å². The SMILES string of the molecule is CO[C@H]1CN(C2CCN(C(=O)c3cnn(C)c3)CC2)[C@H]1c1ccncc1. The van der Waals surface area contributed by atoms with E-state index in [9.17, 15) is 4.79 Å². The summed E-state index contributed by atoms with van der Waals surface area (Å²) in [4.78, 5) is 21.2. The summed E-state index contributed by atoms with van der Waals surface area (Å²) in [6.45, 7) is 2.52. The third-order valence-corrected chi connectivity index (χ3v) is 5.62. The van der Waals surface area contributed by atoms with Gasteiger partial charge in [0.15, 0.2) is 0 Å². The van der Waals surface area contributed by atoms with Gasteiger partial charge in [-0.3, -0.25) is 19.4 Å². The molecule has 2 atom stereocenters. The van der Waals surface area contributed by atoms with Crippen LogP contribution < -0.4 is 0 Å². The van der Waals surface area contributed by atoms with E-state index in [1.165, 1.54) is 5.56 Å². The van der Waals surface area contributed by atoms with E-state index < -0.39 is 0 Å². The molecule has 1 amide bonds. The lowest BCUT2D eigenvalue weighted by Crippen LogP contribution is -2.60. The first-order valence-corrected chi connectivity index (χ1v) is 9.13. The molecule has 0 bridgehead atoms. The molecule has 2 aliphatic heterocycles. The second kappa shape index (κ2) is 7.17. The fraction of sp³-hybridized carbons (Fsp3) is 0.526. The Morgan fingerprint density at radius 2 is 1.96 bits per heavy atom. The molecule has 0 aromatic carbocycles. The number of likely N-dealkylation sites (tertiary alicyclic amines) is 2. The van der Waals surface area contributed by atoms with Crippen LogP contribution in [0.5, 0.6) is 0 Å². The highest BCUT2D eigenvalue weighted by Gasteiger charge is 2.44. The monoisotopic (exact) mass is 355 g/mol. The van der Waals surface area contributed by atoms with Gasteiger partial charge in [0.2, 0.25) is 0 Å². The van der Waals surface area contributed by atoms with Crippen molar-refractivity contribution >= 4 is 5.91 Å². The Hall–Kier alpha value is -2.25. The summed E-state index contributed by atoms with van der Waals surface area (Å²) in [6.07, 6.45) is 9.32. The first kappa shape index (κ1) is 17.2. The smallest absolute Gasteiger partial charge is 0.257 e. The maximum atomic E-state index is 12.6. The number of aryl methyl sites for hydroxylation is 1. The van der Waals surface area contributed by atoms with E-state index in [4.69, 9.17) is 4.74 Å². The number of methoxy groups -OCH3 is 1. The summed E-state index contributed by atoms with van der Waals surface area (Å²) in [6, 6.07) is 4.92. The molecule has 2 aliphatic rings. The van der Waals surface area contributed by atoms with Gasteiger partial charge in [-0.1, -0.05) is 0 Å². The van der Waals surface area contributed by atoms with Gasteiger partial charge in [-0.05, 0) is 30.5 Å². The molecule has 7 heteroatoms. The van der Waals surface area contributed by atoms with Crippen LogP contribution in [0.1, 0.15) is 34.8 Å². The van der Waals surface area contributed by atoms with Gasteiger partial charge in [0.25, 0.3) is 5.91 Å². The summed E-state index contributed by atoms with van der Waals surface area (Å²) in [5, 5.41) is 4.10. The van der Waals surface area contributed by atoms with Crippen LogP contribution in [-0.4, -0.2) is 69.4 Å². The Morgan fingerprint density at radius 1 is 1.23 bits per heavy atom. The summed E-state index contributed by atoms with van der Waals surface area (Å²) in [5.41, 5.74) is 1.93. The van der Waals surface area contributed by atoms with Crippen molar-refractivity contribution in [2.45, 2.75) is 31.0 Å². The summed E-state index contributed by atoms with van der Waals surface area (Å²) < 4.78 is 7.33. The van der Waals surface area contributed by atoms with Gasteiger partial charge in [0.1, 0.15) is 0 Å². The van der Waals surface area contributed by atoms with Crippen LogP contribution in [-0.2, 0) is 11.8 Å². The summed E-state index contributed by atoms with van der Waals surface area (Å²) in [7, 11) is 3.61. The summed E-state index contributed by atoms with van der Waals surface area (Å²) >= 11 is 0. The van der Waals surface area contributed by atoms with Gasteiger partial charge in [-0.2, -0.15) is 5.10 Å². The maximum absolute atomic E-state index is 12.6. The zero-order valence-corrected chi connectivity index (χ0v) is 15.3. The van der Waals surface area contributed by atoms with E-state index in [2.05, 4.69) is 27.1 Å². The topological polar surface area (TPSA) is 63.5 Å². The Labute approximate surface area is 153 Å². The number of piperidine rings is 1. The lowest BCUT2D eigenvalue weighted by Gasteiger charge is -2.53. The molecule has 0 aliphatic carbocycles. The Kier molecular flexibility index (Phi) is 4.74. The zero-order chi connectivity index (χ0) is 18.1. The van der Waals surface area contributed by atoms with Crippen molar-refractivity contribution in [3.05, 3.63) is 48.0 Å². The second-order valence-electron chi connectivity index (χ2n) is 7.12. The van der Waals surface area contributed by atoms with E-state index >= 15 is 0 Å². The molecule has 0 unspecified atom stereocenters. The van der Waals surface area contributed by atoms with Crippen LogP contribution in [0.2, 0.25) is 0 Å². The van der Waals surface area contributed by atoms with E-state index in [-0.39, 0.29) is 18.1 Å². The average Bonchev–Trinajstić information content (AvgIpc) is 3.08. The van der Waals surface area contributed by atoms with Crippen LogP contribution in [0.3, 0.4) is 0 Å². The molecule has 138 valence electrons. The predicted octanol–water partition coefficient (Wildman–Crippen LogP) is 1.49. The Bertz CT molecular complexity index is 754. The standard InChI is InChI=1S/C19H25N5O2/c1-22-12-15(11-21-22)19(25)23-9-5-16(6-10-23)24-13-17(26-2)18(24)14-3-7-20-8-4-14/h3-4,7-8,11-12,16-18H,5-6,9-10,13H2,1-2H3/t17-,18-/m0/s1. The fourth-order valence-corrected chi connectivity index (χ4v) is 4.16. The molecular formula is C19H25N5O2. The molecule has 0 radical (unpaired) electrons. The molecule has 0 N–H and O–H groups in total. The number of hydrogen-bond donors (Lipinski definition) is 0. The third kappa shape index (κ3) is 3.12. The molecular weight excluding hydrogens is 330 g/mol. The third-order valence-electron chi connectivity index (χ3n) is 5.62. The molecule has 26 heavy (non-hydrogen) atoms. The van der Waals surface area contributed by atoms with Crippen molar-refractivity contribution in [3.63, 3.8) is 0 Å². The molecule has 2 fully saturated rings. The van der Waals surface area contributed by atoms with Crippen LogP contribution in [0.15, 0.2) is 36.9 Å². The quantitative estimate of drug-likeness (QED) is 0.832. The minimum atomic E-state index is 0.0839. The number of nitrogens with zero attached hydrogens (tertiary/aromatic N) is 5. The van der Waals surface area contributed by atoms with Crippen molar-refractivity contribution < 1.29 is 9.53 Å². The first-order chi connectivity index (χ1) is 12.7. The fourth-order valence-electron chi connectivity index (χ4n) is 4.16. The largest absolute Gasteiger partial charge is 0.378 e. The Morgan fingerprint density at radius 3 is 2.58 bits per heavy atom. The molecule has 2 saturated heterocycles. The molecule has 4 rings (SSSR count). The molecule has 0 saturated carbocycles. The number of hydrogen-bond acceptors (Lipinski definition) is 5. The minimum Gasteiger partial charge on any atom is -0.378 e. The normalized spacial score (nSPS) is 24.5. The van der Waals surface area contributed by atoms with Crippen molar-refractivity contribution in [1.82, 2.24) is 24.6 Å². The highest BCUT2D eigenvalue weighted by atomic mass is 16.5. The zero-order valence-electron chi connectivity index (χ0n) is 15.3. The van der Waals surface area contributed by atoms with Crippen LogP contribution in [0.4, 0.5) is 0 Å². The first-order valence-electron chi connectivity index (χ1n) is 9.13. The van der Waals surface area contributed by atoms with Crippen molar-refractivity contribution in [2.75, 3.05) is 26.7 Å². The van der Waals surface area contributed by atoms with Crippen molar-refractivity contribution in [2.24, 2.45) is 7.05 Å². The summed E-state index contributed by atoms with van der Waals surface area (Å²) in [5.74, 6) is 0.0839. The number of carbonyl (C=O) groups is 1. The van der Waals surface area contributed by atoms with E-state index in [1.807, 2.05) is 24.3 Å². The molecule has 2 aromatic heterocycles. The molecule has 4 heterocycles. The molecule has 7 nitrogen and oxygen atoms in total. The lowest BCUT2D eigenvalue weighted by molar-refractivity contribution is -0.115. The van der Waals surface area contributed by atoms with E-state index in [0.29, 0.717) is 11.6 Å². The highest BCUT2D eigenvalue weighted by molar-refractivity contribution is 5.93. The van der Waals surface area contributed by atoms with Gasteiger partial charge < -0.3 is 9.64 Å². The lowest BCUT2D eigenvalue weighted by atomic mass is 9.87.